The molecule has 0 amide bonds. The van der Waals surface area contributed by atoms with E-state index in [2.05, 4.69) is 27.7 Å². The molecule has 0 spiro atoms. The largest absolute Gasteiger partial charge is 0.427 e. The van der Waals surface area contributed by atoms with Crippen LogP contribution >= 0.6 is 23.5 Å². The first-order valence-corrected chi connectivity index (χ1v) is 18.6. The van der Waals surface area contributed by atoms with Crippen LogP contribution in [-0.2, 0) is 10.2 Å². The van der Waals surface area contributed by atoms with E-state index in [4.69, 9.17) is 9.47 Å². The molecule has 1 aliphatic rings. The van der Waals surface area contributed by atoms with Gasteiger partial charge in [0.05, 0.1) is 5.56 Å². The molecule has 5 aromatic rings. The molecule has 0 fully saturated rings. The minimum atomic E-state index is -0.441. The quantitative estimate of drug-likeness (QED) is 0.0745. The third-order valence-electron chi connectivity index (χ3n) is 8.51. The monoisotopic (exact) mass is 714 g/mol. The van der Waals surface area contributed by atoms with Gasteiger partial charge in [0, 0.05) is 48.3 Å². The van der Waals surface area contributed by atoms with Gasteiger partial charge in [0.25, 0.3) is 0 Å². The van der Waals surface area contributed by atoms with Gasteiger partial charge in [0.1, 0.15) is 11.5 Å². The zero-order valence-corrected chi connectivity index (χ0v) is 30.6. The van der Waals surface area contributed by atoms with E-state index >= 15 is 0 Å². The van der Waals surface area contributed by atoms with Crippen molar-refractivity contribution in [2.75, 3.05) is 0 Å². The van der Waals surface area contributed by atoms with Crippen molar-refractivity contribution >= 4 is 47.0 Å². The van der Waals surface area contributed by atoms with Crippen molar-refractivity contribution in [1.82, 2.24) is 0 Å². The second-order valence-electron chi connectivity index (χ2n) is 13.3. The predicted octanol–water partition coefficient (Wildman–Crippen LogP) is 10.8. The molecule has 0 aliphatic heterocycles. The fraction of sp³-hybridized carbons (Fsp3) is 0.209. The molecule has 258 valence electrons. The van der Waals surface area contributed by atoms with E-state index in [-0.39, 0.29) is 23.0 Å². The van der Waals surface area contributed by atoms with Gasteiger partial charge < -0.3 is 9.47 Å². The van der Waals surface area contributed by atoms with Crippen molar-refractivity contribution < 1.29 is 28.7 Å². The number of ether oxygens (including phenoxy) is 2. The average Bonchev–Trinajstić information content (AvgIpc) is 3.12. The van der Waals surface area contributed by atoms with Gasteiger partial charge in [-0.25, -0.2) is 4.79 Å². The Labute approximate surface area is 307 Å². The number of hydrogen-bond acceptors (Lipinski definition) is 8. The molecule has 0 N–H and O–H groups in total. The van der Waals surface area contributed by atoms with Crippen molar-refractivity contribution in [2.45, 2.75) is 78.4 Å². The molecule has 0 atom stereocenters. The van der Waals surface area contributed by atoms with E-state index in [0.717, 1.165) is 34.6 Å². The Morgan fingerprint density at radius 3 is 1.57 bits per heavy atom. The molecule has 0 bridgehead atoms. The van der Waals surface area contributed by atoms with Gasteiger partial charge in [-0.2, -0.15) is 0 Å². The summed E-state index contributed by atoms with van der Waals surface area (Å²) in [5, 5.41) is 0. The van der Waals surface area contributed by atoms with Crippen molar-refractivity contribution in [3.63, 3.8) is 0 Å². The number of fused-ring (bicyclic) bond motifs is 2. The summed E-state index contributed by atoms with van der Waals surface area (Å²) in [5.41, 5.74) is 3.07. The van der Waals surface area contributed by atoms with Crippen LogP contribution in [0.3, 0.4) is 0 Å². The highest BCUT2D eigenvalue weighted by atomic mass is 32.2. The van der Waals surface area contributed by atoms with Crippen molar-refractivity contribution in [3.8, 4) is 11.5 Å². The Morgan fingerprint density at radius 2 is 1.10 bits per heavy atom. The number of carbonyl (C=O) groups is 4. The zero-order chi connectivity index (χ0) is 36.1. The molecule has 0 heterocycles. The molecule has 0 saturated carbocycles. The highest BCUT2D eigenvalue weighted by Gasteiger charge is 2.34. The summed E-state index contributed by atoms with van der Waals surface area (Å²) in [6, 6.07) is 32.3. The average molecular weight is 715 g/mol. The van der Waals surface area contributed by atoms with Crippen LogP contribution in [0.2, 0.25) is 0 Å². The molecular weight excluding hydrogens is 677 g/mol. The predicted molar refractivity (Wildman–Crippen MR) is 201 cm³/mol. The first kappa shape index (κ1) is 35.9. The molecule has 1 aliphatic carbocycles. The summed E-state index contributed by atoms with van der Waals surface area (Å²) in [4.78, 5) is 55.9. The second kappa shape index (κ2) is 15.5. The molecular formula is C43H38O6S2. The maximum atomic E-state index is 14.0. The van der Waals surface area contributed by atoms with Gasteiger partial charge in [-0.3, -0.25) is 14.4 Å². The molecule has 8 heteroatoms. The molecule has 6 rings (SSSR count). The highest BCUT2D eigenvalue weighted by Crippen LogP contribution is 2.41. The third-order valence-corrected chi connectivity index (χ3v) is 10.6. The van der Waals surface area contributed by atoms with E-state index in [1.54, 1.807) is 60.7 Å². The fourth-order valence-corrected chi connectivity index (χ4v) is 7.68. The Morgan fingerprint density at radius 1 is 0.608 bits per heavy atom. The molecule has 5 aromatic carbocycles. The lowest BCUT2D eigenvalue weighted by Gasteiger charge is -2.22. The Balaban J connectivity index is 1.15. The van der Waals surface area contributed by atoms with Crippen LogP contribution in [0.5, 0.6) is 11.5 Å². The topological polar surface area (TPSA) is 86.7 Å². The number of esters is 2. The van der Waals surface area contributed by atoms with Crippen LogP contribution in [0.15, 0.2) is 129 Å². The number of unbranched alkanes of at least 4 members (excludes halogenated alkanes) is 2. The smallest absolute Gasteiger partial charge is 0.343 e. The molecule has 0 saturated heterocycles. The summed E-state index contributed by atoms with van der Waals surface area (Å²) in [7, 11) is 0. The van der Waals surface area contributed by atoms with Gasteiger partial charge in [-0.1, -0.05) is 100 Å². The van der Waals surface area contributed by atoms with Crippen LogP contribution < -0.4 is 9.47 Å². The van der Waals surface area contributed by atoms with Gasteiger partial charge >= 0.3 is 11.9 Å². The SMILES string of the molecule is CCCCCC(=O)Oc1ccc(Sc2cccc3c2C(=O)c2cccc(Sc4ccc(OC(=O)c5ccc(C(C)(C)C)cc5)cc4)c2C3=O)cc1. The minimum absolute atomic E-state index is 0.0150. The Kier molecular flexibility index (Phi) is 10.9. The van der Waals surface area contributed by atoms with Crippen molar-refractivity contribution in [2.24, 2.45) is 0 Å². The lowest BCUT2D eigenvalue weighted by molar-refractivity contribution is -0.134. The molecule has 0 unspecified atom stereocenters. The highest BCUT2D eigenvalue weighted by molar-refractivity contribution is 7.99. The standard InChI is InChI=1S/C43H38O6S2/c1-5-6-7-14-37(44)48-29-19-23-31(24-20-29)50-35-12-8-10-33-38(35)40(45)34-11-9-13-36(39(34)41(33)46)51-32-25-21-30(22-26-32)49-42(47)27-15-17-28(18-16-27)43(2,3)4/h8-13,15-26H,5-7,14H2,1-4H3. The third kappa shape index (κ3) is 8.35. The zero-order valence-electron chi connectivity index (χ0n) is 29.0. The fourth-order valence-electron chi connectivity index (χ4n) is 5.73. The summed E-state index contributed by atoms with van der Waals surface area (Å²) in [6.45, 7) is 8.44. The summed E-state index contributed by atoms with van der Waals surface area (Å²) in [5.74, 6) is -0.234. The first-order chi connectivity index (χ1) is 24.5. The Bertz CT molecular complexity index is 2090. The van der Waals surface area contributed by atoms with Crippen molar-refractivity contribution in [3.05, 3.63) is 143 Å². The Hall–Kier alpha value is -4.92. The first-order valence-electron chi connectivity index (χ1n) is 17.0. The van der Waals surface area contributed by atoms with E-state index in [1.165, 1.54) is 23.5 Å². The van der Waals surface area contributed by atoms with E-state index in [0.29, 0.717) is 55.5 Å². The van der Waals surface area contributed by atoms with E-state index < -0.39 is 5.97 Å². The summed E-state index contributed by atoms with van der Waals surface area (Å²) < 4.78 is 11.1. The number of benzene rings is 5. The molecule has 6 nitrogen and oxygen atoms in total. The van der Waals surface area contributed by atoms with Crippen LogP contribution in [0.4, 0.5) is 0 Å². The second-order valence-corrected chi connectivity index (χ2v) is 15.5. The van der Waals surface area contributed by atoms with Crippen molar-refractivity contribution in [1.29, 1.82) is 0 Å². The van der Waals surface area contributed by atoms with Gasteiger partial charge in [-0.15, -0.1) is 0 Å². The van der Waals surface area contributed by atoms with Gasteiger partial charge in [0.15, 0.2) is 11.6 Å². The number of carbonyl (C=O) groups excluding carboxylic acids is 4. The molecule has 0 aromatic heterocycles. The minimum Gasteiger partial charge on any atom is -0.427 e. The lowest BCUT2D eigenvalue weighted by Crippen LogP contribution is -2.22. The molecule has 51 heavy (non-hydrogen) atoms. The van der Waals surface area contributed by atoms with Crippen LogP contribution in [0, 0.1) is 0 Å². The van der Waals surface area contributed by atoms with Crippen LogP contribution in [0.1, 0.15) is 101 Å². The lowest BCUT2D eigenvalue weighted by atomic mass is 9.84. The van der Waals surface area contributed by atoms with Crippen LogP contribution in [-0.4, -0.2) is 23.5 Å². The van der Waals surface area contributed by atoms with E-state index in [1.807, 2.05) is 48.5 Å². The van der Waals surface area contributed by atoms with Gasteiger partial charge in [-0.05, 0) is 90.2 Å². The van der Waals surface area contributed by atoms with Crippen LogP contribution in [0.25, 0.3) is 0 Å². The number of ketones is 2. The number of rotatable bonds is 11. The van der Waals surface area contributed by atoms with E-state index in [9.17, 15) is 19.2 Å². The summed E-state index contributed by atoms with van der Waals surface area (Å²) in [6.07, 6.45) is 3.21. The number of hydrogen-bond donors (Lipinski definition) is 0. The maximum absolute atomic E-state index is 14.0. The molecule has 0 radical (unpaired) electrons. The maximum Gasteiger partial charge on any atom is 0.343 e. The van der Waals surface area contributed by atoms with Gasteiger partial charge in [0.2, 0.25) is 0 Å². The normalized spacial score (nSPS) is 12.2. The summed E-state index contributed by atoms with van der Waals surface area (Å²) >= 11 is 2.76.